The van der Waals surface area contributed by atoms with Crippen LogP contribution in [0.4, 0.5) is 0 Å². The fourth-order valence-corrected chi connectivity index (χ4v) is 1.47. The summed E-state index contributed by atoms with van der Waals surface area (Å²) in [5.74, 6) is 0.826. The zero-order valence-corrected chi connectivity index (χ0v) is 10.8. The van der Waals surface area contributed by atoms with E-state index in [2.05, 4.69) is 23.7 Å². The lowest BCUT2D eigenvalue weighted by Gasteiger charge is -2.15. The second-order valence-electron chi connectivity index (χ2n) is 3.53. The fraction of sp³-hybridized carbons (Fsp3) is 0.889. The van der Waals surface area contributed by atoms with Crippen molar-refractivity contribution < 1.29 is 28.6 Å². The smallest absolute Gasteiger partial charge is 0.343 e. The monoisotopic (exact) mass is 297 g/mol. The molecule has 0 aromatic carbocycles. The van der Waals surface area contributed by atoms with E-state index in [9.17, 15) is 0 Å². The summed E-state index contributed by atoms with van der Waals surface area (Å²) in [6, 6.07) is 1.26. The molecule has 1 atom stereocenters. The number of nitrogens with one attached hydrogen (secondary N) is 1. The lowest BCUT2D eigenvalue weighted by molar-refractivity contribution is -0.578. The number of halogens is 1. The standard InChI is InChI=1S/C9H19N3.HI/c1-4-7(2)12(8-5-6-8)9(10)11-3;/h7-8H,4-6H2,1-3H3,(H2,10,11);1H. The molecule has 0 radical (unpaired) electrons. The first-order valence-electron chi connectivity index (χ1n) is 4.79. The van der Waals surface area contributed by atoms with Crippen molar-refractivity contribution in [3.63, 3.8) is 0 Å². The average molecular weight is 297 g/mol. The Hall–Kier alpha value is 0. The molecule has 0 aromatic heterocycles. The van der Waals surface area contributed by atoms with E-state index >= 15 is 0 Å². The van der Waals surface area contributed by atoms with Gasteiger partial charge in [0.15, 0.2) is 0 Å². The minimum atomic E-state index is 0. The van der Waals surface area contributed by atoms with E-state index in [4.69, 9.17) is 5.73 Å². The van der Waals surface area contributed by atoms with E-state index in [0.29, 0.717) is 12.1 Å². The zero-order chi connectivity index (χ0) is 9.14. The molecular formula is C9H20IN3. The third-order valence-electron chi connectivity index (χ3n) is 2.54. The number of nitrogens with two attached hydrogens (primary N) is 1. The zero-order valence-electron chi connectivity index (χ0n) is 8.68. The lowest BCUT2D eigenvalue weighted by Crippen LogP contribution is -3.00. The summed E-state index contributed by atoms with van der Waals surface area (Å²) in [5, 5.41) is 3.02. The molecule has 78 valence electrons. The molecule has 1 saturated carbocycles. The Morgan fingerprint density at radius 1 is 1.62 bits per heavy atom. The van der Waals surface area contributed by atoms with Gasteiger partial charge in [-0.05, 0) is 26.2 Å². The van der Waals surface area contributed by atoms with E-state index in [1.807, 2.05) is 7.05 Å². The van der Waals surface area contributed by atoms with Gasteiger partial charge in [-0.1, -0.05) is 6.92 Å². The van der Waals surface area contributed by atoms with Crippen LogP contribution in [0.2, 0.25) is 0 Å². The van der Waals surface area contributed by atoms with Gasteiger partial charge in [0.25, 0.3) is 0 Å². The van der Waals surface area contributed by atoms with Crippen LogP contribution in [0, 0.1) is 0 Å². The predicted octanol–water partition coefficient (Wildman–Crippen LogP) is -2.50. The summed E-state index contributed by atoms with van der Waals surface area (Å²) in [5.41, 5.74) is 5.87. The highest BCUT2D eigenvalue weighted by Crippen LogP contribution is 2.25. The Balaban J connectivity index is 0.00000144. The van der Waals surface area contributed by atoms with E-state index in [1.54, 1.807) is 0 Å². The van der Waals surface area contributed by atoms with Gasteiger partial charge in [0.05, 0.1) is 19.1 Å². The van der Waals surface area contributed by atoms with Gasteiger partial charge in [-0.2, -0.15) is 0 Å². The van der Waals surface area contributed by atoms with Crippen molar-refractivity contribution in [2.75, 3.05) is 7.05 Å². The van der Waals surface area contributed by atoms with Crippen LogP contribution in [0.3, 0.4) is 0 Å². The highest BCUT2D eigenvalue weighted by Gasteiger charge is 2.32. The van der Waals surface area contributed by atoms with Gasteiger partial charge in [-0.15, -0.1) is 0 Å². The Morgan fingerprint density at radius 3 is 2.46 bits per heavy atom. The van der Waals surface area contributed by atoms with Gasteiger partial charge in [-0.3, -0.25) is 15.6 Å². The number of hydrogen-bond donors (Lipinski definition) is 2. The fourth-order valence-electron chi connectivity index (χ4n) is 1.47. The van der Waals surface area contributed by atoms with Gasteiger partial charge in [0.2, 0.25) is 0 Å². The van der Waals surface area contributed by atoms with E-state index in [-0.39, 0.29) is 24.0 Å². The quantitative estimate of drug-likeness (QED) is 0.262. The molecule has 0 spiro atoms. The number of nitrogens with zero attached hydrogens (tertiary/aromatic N) is 1. The highest BCUT2D eigenvalue weighted by molar-refractivity contribution is 5.72. The third kappa shape index (κ3) is 3.32. The van der Waals surface area contributed by atoms with E-state index in [1.165, 1.54) is 12.8 Å². The van der Waals surface area contributed by atoms with Crippen molar-refractivity contribution in [2.45, 2.75) is 45.2 Å². The van der Waals surface area contributed by atoms with Crippen LogP contribution in [-0.2, 0) is 0 Å². The van der Waals surface area contributed by atoms with Crippen LogP contribution < -0.4 is 35.0 Å². The van der Waals surface area contributed by atoms with E-state index in [0.717, 1.165) is 12.4 Å². The predicted molar refractivity (Wildman–Crippen MR) is 51.3 cm³/mol. The van der Waals surface area contributed by atoms with Gasteiger partial charge in [-0.25, -0.2) is 0 Å². The Labute approximate surface area is 97.8 Å². The van der Waals surface area contributed by atoms with Gasteiger partial charge >= 0.3 is 5.96 Å². The van der Waals surface area contributed by atoms with Crippen molar-refractivity contribution >= 4 is 5.96 Å². The first-order chi connectivity index (χ1) is 5.70. The summed E-state index contributed by atoms with van der Waals surface area (Å²) in [7, 11) is 1.88. The van der Waals surface area contributed by atoms with Crippen molar-refractivity contribution in [3.05, 3.63) is 0 Å². The normalized spacial score (nSPS) is 19.9. The molecule has 1 rings (SSSR count). The SMILES string of the molecule is CCC(C)[N+](=C(N)NC)C1CC1.[I-]. The molecule has 1 aliphatic rings. The molecule has 1 aliphatic carbocycles. The molecule has 1 fully saturated rings. The molecule has 3 nitrogen and oxygen atoms in total. The molecule has 0 bridgehead atoms. The van der Waals surface area contributed by atoms with E-state index < -0.39 is 0 Å². The molecule has 1 unspecified atom stereocenters. The Bertz CT molecular complexity index is 187. The molecule has 0 aromatic rings. The topological polar surface area (TPSA) is 41.1 Å². The molecule has 0 aliphatic heterocycles. The second-order valence-corrected chi connectivity index (χ2v) is 3.53. The van der Waals surface area contributed by atoms with Crippen LogP contribution in [0.5, 0.6) is 0 Å². The van der Waals surface area contributed by atoms with Crippen molar-refractivity contribution in [1.29, 1.82) is 0 Å². The largest absolute Gasteiger partial charge is 1.00 e. The minimum Gasteiger partial charge on any atom is -1.00 e. The molecule has 3 N–H and O–H groups in total. The maximum Gasteiger partial charge on any atom is 0.343 e. The Morgan fingerprint density at radius 2 is 2.15 bits per heavy atom. The number of rotatable bonds is 3. The molecule has 0 saturated heterocycles. The lowest BCUT2D eigenvalue weighted by atomic mass is 10.2. The van der Waals surface area contributed by atoms with Crippen LogP contribution >= 0.6 is 0 Å². The van der Waals surface area contributed by atoms with Crippen LogP contribution in [0.25, 0.3) is 0 Å². The van der Waals surface area contributed by atoms with Gasteiger partial charge < -0.3 is 24.0 Å². The highest BCUT2D eigenvalue weighted by atomic mass is 127. The molecule has 0 amide bonds. The van der Waals surface area contributed by atoms with Gasteiger partial charge in [0, 0.05) is 0 Å². The average Bonchev–Trinajstić information content (AvgIpc) is 2.88. The number of hydrogen-bond acceptors (Lipinski definition) is 0. The van der Waals surface area contributed by atoms with Crippen molar-refractivity contribution in [2.24, 2.45) is 5.73 Å². The molecular weight excluding hydrogens is 277 g/mol. The van der Waals surface area contributed by atoms with Crippen molar-refractivity contribution in [1.82, 2.24) is 5.32 Å². The first kappa shape index (κ1) is 13.0. The molecule has 0 heterocycles. The summed E-state index contributed by atoms with van der Waals surface area (Å²) in [6.07, 6.45) is 3.75. The molecule has 13 heavy (non-hydrogen) atoms. The summed E-state index contributed by atoms with van der Waals surface area (Å²) >= 11 is 0. The summed E-state index contributed by atoms with van der Waals surface area (Å²) in [4.78, 5) is 0. The summed E-state index contributed by atoms with van der Waals surface area (Å²) < 4.78 is 2.31. The Kier molecular flexibility index (Phi) is 5.67. The van der Waals surface area contributed by atoms with Crippen LogP contribution in [0.1, 0.15) is 33.1 Å². The first-order valence-corrected chi connectivity index (χ1v) is 4.79. The summed E-state index contributed by atoms with van der Waals surface area (Å²) in [6.45, 7) is 4.42. The number of guanidine groups is 1. The van der Waals surface area contributed by atoms with Crippen molar-refractivity contribution in [3.8, 4) is 0 Å². The maximum absolute atomic E-state index is 5.87. The van der Waals surface area contributed by atoms with Crippen LogP contribution in [0.15, 0.2) is 0 Å². The molecule has 4 heteroatoms. The second kappa shape index (κ2) is 5.67. The minimum absolute atomic E-state index is 0. The maximum atomic E-state index is 5.87. The van der Waals surface area contributed by atoms with Crippen LogP contribution in [-0.4, -0.2) is 29.7 Å². The van der Waals surface area contributed by atoms with Gasteiger partial charge in [0.1, 0.15) is 0 Å². The third-order valence-corrected chi connectivity index (χ3v) is 2.54.